The highest BCUT2D eigenvalue weighted by Crippen LogP contribution is 2.33. The lowest BCUT2D eigenvalue weighted by Crippen LogP contribution is -2.22. The van der Waals surface area contributed by atoms with Crippen LogP contribution in [0.4, 0.5) is 35.3 Å². The van der Waals surface area contributed by atoms with E-state index in [4.69, 9.17) is 5.73 Å². The summed E-state index contributed by atoms with van der Waals surface area (Å²) >= 11 is 0. The number of aromatic nitrogens is 5. The third-order valence-electron chi connectivity index (χ3n) is 4.77. The number of anilines is 3. The molecular weight excluding hydrogens is 467 g/mol. The normalized spacial score (nSPS) is 11.3. The number of carbonyl (C=O) groups is 2. The van der Waals surface area contributed by atoms with Crippen LogP contribution >= 0.6 is 0 Å². The Morgan fingerprint density at radius 2 is 1.83 bits per heavy atom. The number of halogens is 3. The van der Waals surface area contributed by atoms with Gasteiger partial charge in [-0.2, -0.15) is 18.3 Å². The van der Waals surface area contributed by atoms with Crippen LogP contribution < -0.4 is 21.7 Å². The molecular formula is C21H18F3N9O2. The van der Waals surface area contributed by atoms with Crippen molar-refractivity contribution in [3.05, 3.63) is 60.4 Å². The van der Waals surface area contributed by atoms with Gasteiger partial charge in [-0.05, 0) is 30.7 Å². The van der Waals surface area contributed by atoms with Gasteiger partial charge in [0.1, 0.15) is 17.7 Å². The van der Waals surface area contributed by atoms with E-state index < -0.39 is 18.0 Å². The lowest BCUT2D eigenvalue weighted by Gasteiger charge is -2.10. The molecule has 0 aliphatic carbocycles. The summed E-state index contributed by atoms with van der Waals surface area (Å²) in [5.74, 6) is -1.83. The second-order valence-corrected chi connectivity index (χ2v) is 7.14. The molecule has 0 radical (unpaired) electrons. The fourth-order valence-electron chi connectivity index (χ4n) is 3.32. The molecule has 5 N–H and O–H groups in total. The summed E-state index contributed by atoms with van der Waals surface area (Å²) in [6, 6.07) is 6.73. The Hall–Kier alpha value is -4.75. The molecule has 0 atom stereocenters. The lowest BCUT2D eigenvalue weighted by atomic mass is 10.0. The van der Waals surface area contributed by atoms with Crippen LogP contribution in [0.2, 0.25) is 0 Å². The van der Waals surface area contributed by atoms with Gasteiger partial charge in [-0.1, -0.05) is 12.1 Å². The first-order valence-electron chi connectivity index (χ1n) is 10.2. The maximum Gasteiger partial charge on any atom is 0.451 e. The molecule has 3 heterocycles. The molecule has 0 bridgehead atoms. The summed E-state index contributed by atoms with van der Waals surface area (Å²) in [5, 5.41) is 11.6. The number of benzene rings is 1. The van der Waals surface area contributed by atoms with E-state index in [9.17, 15) is 22.8 Å². The standard InChI is InChI=1S/C21H18F3N9O2/c1-2-26-18(34)13-9-33-16(17(25)28-10-29-33)15(13)11-3-5-12(6-4-11)30-20(35)32-14-7-8-27-19(31-14)21(22,23)24/h3-10H,2H2,1H3,(H,26,34)(H2,25,28,29)(H2,27,30,31,32,35). The van der Waals surface area contributed by atoms with Crippen molar-refractivity contribution in [2.45, 2.75) is 13.1 Å². The van der Waals surface area contributed by atoms with Crippen LogP contribution in [0.5, 0.6) is 0 Å². The Morgan fingerprint density at radius 1 is 1.09 bits per heavy atom. The maximum absolute atomic E-state index is 12.8. The Balaban J connectivity index is 1.57. The number of nitrogens with zero attached hydrogens (tertiary/aromatic N) is 5. The van der Waals surface area contributed by atoms with Crippen molar-refractivity contribution in [1.29, 1.82) is 0 Å². The number of rotatable bonds is 5. The van der Waals surface area contributed by atoms with Crippen LogP contribution in [-0.2, 0) is 6.18 Å². The number of hydrogen-bond donors (Lipinski definition) is 4. The molecule has 14 heteroatoms. The third kappa shape index (κ3) is 4.95. The molecule has 0 saturated heterocycles. The van der Waals surface area contributed by atoms with E-state index >= 15 is 0 Å². The van der Waals surface area contributed by atoms with Crippen molar-refractivity contribution in [1.82, 2.24) is 29.9 Å². The molecule has 35 heavy (non-hydrogen) atoms. The Kier molecular flexibility index (Phi) is 6.18. The molecule has 4 aromatic rings. The molecule has 0 spiro atoms. The summed E-state index contributed by atoms with van der Waals surface area (Å²) in [7, 11) is 0. The van der Waals surface area contributed by atoms with Crippen LogP contribution in [-0.4, -0.2) is 43.0 Å². The van der Waals surface area contributed by atoms with Gasteiger partial charge in [-0.25, -0.2) is 24.3 Å². The van der Waals surface area contributed by atoms with Gasteiger partial charge in [-0.15, -0.1) is 0 Å². The van der Waals surface area contributed by atoms with E-state index in [1.807, 2.05) is 0 Å². The number of hydrogen-bond acceptors (Lipinski definition) is 7. The van der Waals surface area contributed by atoms with Gasteiger partial charge in [-0.3, -0.25) is 10.1 Å². The van der Waals surface area contributed by atoms with Gasteiger partial charge in [0.25, 0.3) is 5.91 Å². The summed E-state index contributed by atoms with van der Waals surface area (Å²) in [4.78, 5) is 35.3. The zero-order chi connectivity index (χ0) is 25.2. The predicted molar refractivity (Wildman–Crippen MR) is 121 cm³/mol. The van der Waals surface area contributed by atoms with E-state index in [-0.39, 0.29) is 17.5 Å². The van der Waals surface area contributed by atoms with Gasteiger partial charge >= 0.3 is 12.2 Å². The van der Waals surface area contributed by atoms with Crippen molar-refractivity contribution in [2.75, 3.05) is 22.9 Å². The molecule has 0 aliphatic heterocycles. The monoisotopic (exact) mass is 485 g/mol. The van der Waals surface area contributed by atoms with Crippen LogP contribution in [0.25, 0.3) is 16.6 Å². The molecule has 3 aromatic heterocycles. The molecule has 11 nitrogen and oxygen atoms in total. The summed E-state index contributed by atoms with van der Waals surface area (Å²) in [6.45, 7) is 2.21. The number of alkyl halides is 3. The zero-order valence-corrected chi connectivity index (χ0v) is 18.1. The average molecular weight is 485 g/mol. The van der Waals surface area contributed by atoms with E-state index in [0.717, 1.165) is 12.3 Å². The van der Waals surface area contributed by atoms with Gasteiger partial charge in [0.2, 0.25) is 5.82 Å². The van der Waals surface area contributed by atoms with E-state index in [1.54, 1.807) is 37.4 Å². The molecule has 0 saturated carbocycles. The average Bonchev–Trinajstić information content (AvgIpc) is 3.20. The lowest BCUT2D eigenvalue weighted by molar-refractivity contribution is -0.144. The van der Waals surface area contributed by atoms with Gasteiger partial charge < -0.3 is 16.4 Å². The number of amides is 3. The first-order chi connectivity index (χ1) is 16.7. The molecule has 0 unspecified atom stereocenters. The highest BCUT2D eigenvalue weighted by atomic mass is 19.4. The van der Waals surface area contributed by atoms with Gasteiger partial charge in [0.15, 0.2) is 5.82 Å². The Bertz CT molecular complexity index is 1400. The first kappa shape index (κ1) is 23.4. The van der Waals surface area contributed by atoms with E-state index in [0.29, 0.717) is 34.4 Å². The third-order valence-corrected chi connectivity index (χ3v) is 4.77. The van der Waals surface area contributed by atoms with Crippen LogP contribution in [0.15, 0.2) is 49.1 Å². The number of nitrogen functional groups attached to an aromatic ring is 1. The minimum Gasteiger partial charge on any atom is -0.382 e. The van der Waals surface area contributed by atoms with Crippen molar-refractivity contribution in [3.8, 4) is 11.1 Å². The number of nitrogens with two attached hydrogens (primary N) is 1. The smallest absolute Gasteiger partial charge is 0.382 e. The molecule has 1 aromatic carbocycles. The highest BCUT2D eigenvalue weighted by Gasteiger charge is 2.34. The van der Waals surface area contributed by atoms with Crippen LogP contribution in [0, 0.1) is 0 Å². The Morgan fingerprint density at radius 3 is 2.51 bits per heavy atom. The van der Waals surface area contributed by atoms with Crippen molar-refractivity contribution < 1.29 is 22.8 Å². The number of nitrogens with one attached hydrogen (secondary N) is 3. The van der Waals surface area contributed by atoms with Gasteiger partial charge in [0.05, 0.1) is 5.56 Å². The molecule has 0 aliphatic rings. The summed E-state index contributed by atoms with van der Waals surface area (Å²) < 4.78 is 39.7. The number of urea groups is 1. The second-order valence-electron chi connectivity index (χ2n) is 7.14. The van der Waals surface area contributed by atoms with E-state index in [2.05, 4.69) is 36.0 Å². The van der Waals surface area contributed by atoms with Crippen molar-refractivity contribution in [2.24, 2.45) is 0 Å². The quantitative estimate of drug-likeness (QED) is 0.339. The van der Waals surface area contributed by atoms with Crippen molar-refractivity contribution in [3.63, 3.8) is 0 Å². The molecule has 4 rings (SSSR count). The van der Waals surface area contributed by atoms with E-state index in [1.165, 1.54) is 10.8 Å². The minimum atomic E-state index is -4.74. The largest absolute Gasteiger partial charge is 0.451 e. The summed E-state index contributed by atoms with van der Waals surface area (Å²) in [5.41, 5.74) is 8.26. The van der Waals surface area contributed by atoms with Gasteiger partial charge in [0, 0.05) is 30.2 Å². The molecule has 180 valence electrons. The van der Waals surface area contributed by atoms with Crippen LogP contribution in [0.1, 0.15) is 23.1 Å². The fourth-order valence-corrected chi connectivity index (χ4v) is 3.32. The minimum absolute atomic E-state index is 0.176. The zero-order valence-electron chi connectivity index (χ0n) is 18.1. The Labute approximate surface area is 195 Å². The van der Waals surface area contributed by atoms with Crippen LogP contribution in [0.3, 0.4) is 0 Å². The molecule has 0 fully saturated rings. The maximum atomic E-state index is 12.8. The summed E-state index contributed by atoms with van der Waals surface area (Å²) in [6.07, 6.45) is -1.03. The fraction of sp³-hybridized carbons (Fsp3) is 0.143. The second kappa shape index (κ2) is 9.24. The van der Waals surface area contributed by atoms with Crippen molar-refractivity contribution >= 4 is 34.8 Å². The highest BCUT2D eigenvalue weighted by molar-refractivity contribution is 6.07. The topological polar surface area (TPSA) is 152 Å². The molecule has 3 amide bonds. The SMILES string of the molecule is CCNC(=O)c1cn2ncnc(N)c2c1-c1ccc(NC(=O)Nc2ccnc(C(F)(F)F)n2)cc1. The number of carbonyl (C=O) groups excluding carboxylic acids is 2. The predicted octanol–water partition coefficient (Wildman–Crippen LogP) is 3.18. The first-order valence-corrected chi connectivity index (χ1v) is 10.2. The number of fused-ring (bicyclic) bond motifs is 1.